The fraction of sp³-hybridized carbons (Fsp3) is 0.619. The van der Waals surface area contributed by atoms with E-state index in [9.17, 15) is 10.1 Å². The van der Waals surface area contributed by atoms with Gasteiger partial charge >= 0.3 is 0 Å². The predicted octanol–water partition coefficient (Wildman–Crippen LogP) is 1.77. The maximum atomic E-state index is 12.4. The van der Waals surface area contributed by atoms with Crippen LogP contribution < -0.4 is 14.8 Å². The number of carbonyl (C=O) groups excluding carboxylic acids is 1. The molecule has 2 aliphatic rings. The number of hydrogen-bond acceptors (Lipinski definition) is 6. The largest absolute Gasteiger partial charge is 0.497 e. The number of carbonyl (C=O) groups is 1. The van der Waals surface area contributed by atoms with Crippen molar-refractivity contribution >= 4 is 5.91 Å². The van der Waals surface area contributed by atoms with Crippen LogP contribution in [0, 0.1) is 11.3 Å². The molecule has 1 amide bonds. The maximum Gasteiger partial charge on any atom is 0.235 e. The molecule has 0 atom stereocenters. The Balaban J connectivity index is 1.48. The number of benzene rings is 1. The summed E-state index contributed by atoms with van der Waals surface area (Å²) in [6.07, 6.45) is 3.57. The van der Waals surface area contributed by atoms with Gasteiger partial charge in [0.1, 0.15) is 17.0 Å². The predicted molar refractivity (Wildman–Crippen MR) is 106 cm³/mol. The van der Waals surface area contributed by atoms with Crippen molar-refractivity contribution in [1.29, 1.82) is 5.26 Å². The molecule has 0 unspecified atom stereocenters. The molecule has 7 nitrogen and oxygen atoms in total. The number of nitrogens with zero attached hydrogens (tertiary/aromatic N) is 3. The molecule has 0 bridgehead atoms. The minimum atomic E-state index is -0.637. The average molecular weight is 386 g/mol. The third kappa shape index (κ3) is 4.94. The van der Waals surface area contributed by atoms with E-state index < -0.39 is 5.54 Å². The van der Waals surface area contributed by atoms with Gasteiger partial charge in [-0.25, -0.2) is 0 Å². The lowest BCUT2D eigenvalue weighted by molar-refractivity contribution is -0.124. The van der Waals surface area contributed by atoms with Crippen molar-refractivity contribution < 1.29 is 14.3 Å². The van der Waals surface area contributed by atoms with Gasteiger partial charge in [0.05, 0.1) is 26.8 Å². The molecule has 1 aromatic carbocycles. The number of ether oxygens (including phenoxy) is 2. The molecule has 0 spiro atoms. The summed E-state index contributed by atoms with van der Waals surface area (Å²) >= 11 is 0. The van der Waals surface area contributed by atoms with Crippen LogP contribution in [0.1, 0.15) is 31.2 Å². The summed E-state index contributed by atoms with van der Waals surface area (Å²) in [5.41, 5.74) is 0.465. The number of nitriles is 1. The zero-order chi connectivity index (χ0) is 20.0. The highest BCUT2D eigenvalue weighted by Crippen LogP contribution is 2.29. The first-order valence-electron chi connectivity index (χ1n) is 9.95. The van der Waals surface area contributed by atoms with Crippen LogP contribution in [0.5, 0.6) is 11.5 Å². The van der Waals surface area contributed by atoms with E-state index in [1.54, 1.807) is 14.2 Å². The number of nitrogens with one attached hydrogen (secondary N) is 1. The molecular formula is C21H30N4O3. The van der Waals surface area contributed by atoms with Crippen LogP contribution in [0.3, 0.4) is 0 Å². The van der Waals surface area contributed by atoms with Gasteiger partial charge in [0.15, 0.2) is 0 Å². The number of rotatable bonds is 7. The summed E-state index contributed by atoms with van der Waals surface area (Å²) in [6, 6.07) is 8.17. The molecule has 1 N–H and O–H groups in total. The lowest BCUT2D eigenvalue weighted by atomic mass is 10.00. The molecule has 0 radical (unpaired) electrons. The molecule has 0 aromatic heterocycles. The molecule has 1 aromatic rings. The molecule has 1 heterocycles. The van der Waals surface area contributed by atoms with Crippen molar-refractivity contribution in [1.82, 2.24) is 15.1 Å². The lowest BCUT2D eigenvalue weighted by Gasteiger charge is -2.35. The first-order chi connectivity index (χ1) is 13.6. The normalized spacial score (nSPS) is 19.8. The van der Waals surface area contributed by atoms with Crippen LogP contribution in [0.25, 0.3) is 0 Å². The number of piperazine rings is 1. The fourth-order valence-electron chi connectivity index (χ4n) is 4.10. The second-order valence-electron chi connectivity index (χ2n) is 7.68. The molecule has 1 aliphatic heterocycles. The highest BCUT2D eigenvalue weighted by Gasteiger charge is 2.35. The lowest BCUT2D eigenvalue weighted by Crippen LogP contribution is -2.52. The van der Waals surface area contributed by atoms with E-state index in [4.69, 9.17) is 9.47 Å². The Hall–Kier alpha value is -2.30. The number of amides is 1. The number of hydrogen-bond donors (Lipinski definition) is 1. The molecule has 1 saturated carbocycles. The molecule has 7 heteroatoms. The van der Waals surface area contributed by atoms with E-state index in [0.29, 0.717) is 6.54 Å². The Morgan fingerprint density at radius 3 is 2.43 bits per heavy atom. The Bertz CT molecular complexity index is 717. The zero-order valence-electron chi connectivity index (χ0n) is 16.9. The first-order valence-corrected chi connectivity index (χ1v) is 9.95. The van der Waals surface area contributed by atoms with Crippen LogP contribution in [-0.2, 0) is 11.3 Å². The summed E-state index contributed by atoms with van der Waals surface area (Å²) in [5, 5.41) is 12.4. The van der Waals surface area contributed by atoms with Crippen LogP contribution >= 0.6 is 0 Å². The van der Waals surface area contributed by atoms with E-state index >= 15 is 0 Å². The van der Waals surface area contributed by atoms with E-state index in [-0.39, 0.29) is 5.91 Å². The standard InChI is InChI=1S/C21H30N4O3/c1-27-18-5-6-19(28-2)17(13-18)14-24-9-11-25(12-10-24)15-20(26)23-21(16-22)7-3-4-8-21/h5-6,13H,3-4,7-12,14-15H2,1-2H3,(H,23,26). The Morgan fingerprint density at radius 2 is 1.82 bits per heavy atom. The highest BCUT2D eigenvalue weighted by molar-refractivity contribution is 5.79. The third-order valence-electron chi connectivity index (χ3n) is 5.76. The van der Waals surface area contributed by atoms with Crippen molar-refractivity contribution in [3.63, 3.8) is 0 Å². The first kappa shape index (κ1) is 20.4. The van der Waals surface area contributed by atoms with Gasteiger partial charge in [0, 0.05) is 38.3 Å². The van der Waals surface area contributed by atoms with Crippen molar-refractivity contribution in [2.45, 2.75) is 37.8 Å². The molecule has 152 valence electrons. The van der Waals surface area contributed by atoms with Gasteiger partial charge in [-0.1, -0.05) is 0 Å². The van der Waals surface area contributed by atoms with Crippen LogP contribution in [0.15, 0.2) is 18.2 Å². The van der Waals surface area contributed by atoms with Gasteiger partial charge in [-0.05, 0) is 43.9 Å². The fourth-order valence-corrected chi connectivity index (χ4v) is 4.10. The minimum Gasteiger partial charge on any atom is -0.497 e. The summed E-state index contributed by atoms with van der Waals surface area (Å²) < 4.78 is 10.8. The van der Waals surface area contributed by atoms with E-state index in [1.807, 2.05) is 18.2 Å². The maximum absolute atomic E-state index is 12.4. The monoisotopic (exact) mass is 386 g/mol. The summed E-state index contributed by atoms with van der Waals surface area (Å²) in [7, 11) is 3.34. The van der Waals surface area contributed by atoms with Crippen LogP contribution in [0.2, 0.25) is 0 Å². The van der Waals surface area contributed by atoms with Gasteiger partial charge in [-0.2, -0.15) is 5.26 Å². The Labute approximate surface area is 167 Å². The van der Waals surface area contributed by atoms with E-state index in [0.717, 1.165) is 75.5 Å². The minimum absolute atomic E-state index is 0.0358. The molecule has 28 heavy (non-hydrogen) atoms. The SMILES string of the molecule is COc1ccc(OC)c(CN2CCN(CC(=O)NC3(C#N)CCCC3)CC2)c1. The molecular weight excluding hydrogens is 356 g/mol. The topological polar surface area (TPSA) is 77.8 Å². The smallest absolute Gasteiger partial charge is 0.235 e. The average Bonchev–Trinajstić information content (AvgIpc) is 3.18. The highest BCUT2D eigenvalue weighted by atomic mass is 16.5. The van der Waals surface area contributed by atoms with Crippen molar-refractivity contribution in [2.24, 2.45) is 0 Å². The van der Waals surface area contributed by atoms with Crippen molar-refractivity contribution in [3.8, 4) is 17.6 Å². The van der Waals surface area contributed by atoms with Gasteiger partial charge in [0.2, 0.25) is 5.91 Å². The Kier molecular flexibility index (Phi) is 6.76. The molecule has 1 saturated heterocycles. The van der Waals surface area contributed by atoms with E-state index in [2.05, 4.69) is 21.2 Å². The molecule has 3 rings (SSSR count). The summed E-state index contributed by atoms with van der Waals surface area (Å²) in [5.74, 6) is 1.65. The van der Waals surface area contributed by atoms with E-state index in [1.165, 1.54) is 0 Å². The van der Waals surface area contributed by atoms with Gasteiger partial charge in [-0.3, -0.25) is 14.6 Å². The third-order valence-corrected chi connectivity index (χ3v) is 5.76. The van der Waals surface area contributed by atoms with Gasteiger partial charge < -0.3 is 14.8 Å². The number of methoxy groups -OCH3 is 2. The van der Waals surface area contributed by atoms with Gasteiger partial charge in [-0.15, -0.1) is 0 Å². The summed E-state index contributed by atoms with van der Waals surface area (Å²) in [4.78, 5) is 16.9. The van der Waals surface area contributed by atoms with Crippen LogP contribution in [0.4, 0.5) is 0 Å². The second-order valence-corrected chi connectivity index (χ2v) is 7.68. The quantitative estimate of drug-likeness (QED) is 0.770. The second kappa shape index (κ2) is 9.26. The van der Waals surface area contributed by atoms with Crippen LogP contribution in [-0.4, -0.2) is 68.2 Å². The van der Waals surface area contributed by atoms with Crippen molar-refractivity contribution in [2.75, 3.05) is 46.9 Å². The van der Waals surface area contributed by atoms with Crippen molar-refractivity contribution in [3.05, 3.63) is 23.8 Å². The summed E-state index contributed by atoms with van der Waals surface area (Å²) in [6.45, 7) is 4.59. The van der Waals surface area contributed by atoms with Gasteiger partial charge in [0.25, 0.3) is 0 Å². The molecule has 2 fully saturated rings. The Morgan fingerprint density at radius 1 is 1.14 bits per heavy atom. The zero-order valence-corrected chi connectivity index (χ0v) is 16.9. The molecule has 1 aliphatic carbocycles.